The molecule has 30 heavy (non-hydrogen) atoms. The van der Waals surface area contributed by atoms with E-state index >= 15 is 0 Å². The van der Waals surface area contributed by atoms with Gasteiger partial charge in [0.25, 0.3) is 5.91 Å². The van der Waals surface area contributed by atoms with Crippen molar-refractivity contribution in [1.29, 1.82) is 0 Å². The Kier molecular flexibility index (Phi) is 5.52. The largest absolute Gasteiger partial charge is 0.496 e. The van der Waals surface area contributed by atoms with Crippen LogP contribution in [0.2, 0.25) is 0 Å². The molecule has 154 valence electrons. The second-order valence-corrected chi connectivity index (χ2v) is 7.39. The van der Waals surface area contributed by atoms with Crippen molar-refractivity contribution in [1.82, 2.24) is 10.3 Å². The van der Waals surface area contributed by atoms with E-state index in [9.17, 15) is 9.59 Å². The number of hydrogen-bond acceptors (Lipinski definition) is 5. The SMILES string of the molecule is COc1cc2c(OC[C@@H]3CC(Cc4ccccc4)C(=O)N3)nccc2cc1C(N)=O. The monoisotopic (exact) mass is 405 g/mol. The Morgan fingerprint density at radius 1 is 1.23 bits per heavy atom. The number of nitrogens with one attached hydrogen (secondary N) is 1. The second kappa shape index (κ2) is 8.41. The van der Waals surface area contributed by atoms with E-state index in [0.717, 1.165) is 10.9 Å². The Hall–Kier alpha value is -3.61. The summed E-state index contributed by atoms with van der Waals surface area (Å²) in [5, 5.41) is 4.49. The molecule has 2 atom stereocenters. The molecule has 1 aliphatic heterocycles. The van der Waals surface area contributed by atoms with Crippen molar-refractivity contribution in [3.63, 3.8) is 0 Å². The van der Waals surface area contributed by atoms with Crippen LogP contribution >= 0.6 is 0 Å². The molecular weight excluding hydrogens is 382 g/mol. The topological polar surface area (TPSA) is 104 Å². The molecule has 3 aromatic rings. The third kappa shape index (κ3) is 4.05. The van der Waals surface area contributed by atoms with Crippen LogP contribution in [0.5, 0.6) is 11.6 Å². The molecule has 1 saturated heterocycles. The zero-order chi connectivity index (χ0) is 21.1. The lowest BCUT2D eigenvalue weighted by Gasteiger charge is -2.14. The molecule has 0 radical (unpaired) electrons. The summed E-state index contributed by atoms with van der Waals surface area (Å²) in [6, 6.07) is 15.0. The normalized spacial score (nSPS) is 18.2. The summed E-state index contributed by atoms with van der Waals surface area (Å²) in [4.78, 5) is 28.3. The Morgan fingerprint density at radius 2 is 2.03 bits per heavy atom. The number of ether oxygens (including phenoxy) is 2. The molecule has 4 rings (SSSR count). The quantitative estimate of drug-likeness (QED) is 0.628. The highest BCUT2D eigenvalue weighted by Gasteiger charge is 2.32. The van der Waals surface area contributed by atoms with Gasteiger partial charge in [-0.1, -0.05) is 30.3 Å². The summed E-state index contributed by atoms with van der Waals surface area (Å²) >= 11 is 0. The average Bonchev–Trinajstić information content (AvgIpc) is 3.10. The third-order valence-corrected chi connectivity index (χ3v) is 5.35. The first-order valence-corrected chi connectivity index (χ1v) is 9.79. The lowest BCUT2D eigenvalue weighted by molar-refractivity contribution is -0.122. The number of nitrogens with zero attached hydrogens (tertiary/aromatic N) is 1. The fourth-order valence-corrected chi connectivity index (χ4v) is 3.84. The minimum atomic E-state index is -0.564. The molecule has 1 aromatic heterocycles. The van der Waals surface area contributed by atoms with Crippen LogP contribution in [0, 0.1) is 5.92 Å². The van der Waals surface area contributed by atoms with Gasteiger partial charge >= 0.3 is 0 Å². The number of primary amides is 1. The Morgan fingerprint density at radius 3 is 2.77 bits per heavy atom. The maximum absolute atomic E-state index is 12.4. The molecule has 0 spiro atoms. The van der Waals surface area contributed by atoms with Crippen molar-refractivity contribution in [2.75, 3.05) is 13.7 Å². The number of methoxy groups -OCH3 is 1. The van der Waals surface area contributed by atoms with E-state index < -0.39 is 5.91 Å². The molecule has 3 N–H and O–H groups in total. The first-order chi connectivity index (χ1) is 14.5. The first-order valence-electron chi connectivity index (χ1n) is 9.79. The molecule has 1 aliphatic rings. The van der Waals surface area contributed by atoms with Crippen LogP contribution in [0.3, 0.4) is 0 Å². The highest BCUT2D eigenvalue weighted by Crippen LogP contribution is 2.31. The van der Waals surface area contributed by atoms with Crippen LogP contribution in [0.1, 0.15) is 22.3 Å². The van der Waals surface area contributed by atoms with Gasteiger partial charge in [-0.2, -0.15) is 0 Å². The molecular formula is C23H23N3O4. The van der Waals surface area contributed by atoms with Crippen LogP contribution in [-0.4, -0.2) is 36.6 Å². The molecule has 2 amide bonds. The highest BCUT2D eigenvalue weighted by molar-refractivity contribution is 6.01. The van der Waals surface area contributed by atoms with Crippen molar-refractivity contribution >= 4 is 22.6 Å². The molecule has 7 nitrogen and oxygen atoms in total. The molecule has 0 saturated carbocycles. The summed E-state index contributed by atoms with van der Waals surface area (Å²) in [6.45, 7) is 0.309. The van der Waals surface area contributed by atoms with Gasteiger partial charge in [-0.05, 0) is 42.0 Å². The highest BCUT2D eigenvalue weighted by atomic mass is 16.5. The fraction of sp³-hybridized carbons (Fsp3) is 0.261. The van der Waals surface area contributed by atoms with Gasteiger partial charge in [0.2, 0.25) is 11.8 Å². The average molecular weight is 405 g/mol. The number of amides is 2. The van der Waals surface area contributed by atoms with E-state index in [1.807, 2.05) is 30.3 Å². The number of benzene rings is 2. The van der Waals surface area contributed by atoms with Crippen LogP contribution in [-0.2, 0) is 11.2 Å². The summed E-state index contributed by atoms with van der Waals surface area (Å²) in [5.74, 6) is 0.199. The van der Waals surface area contributed by atoms with Gasteiger partial charge in [-0.25, -0.2) is 4.98 Å². The number of pyridine rings is 1. The number of nitrogens with two attached hydrogens (primary N) is 1. The molecule has 1 fully saturated rings. The van der Waals surface area contributed by atoms with E-state index in [1.165, 1.54) is 7.11 Å². The Balaban J connectivity index is 1.47. The van der Waals surface area contributed by atoms with E-state index in [2.05, 4.69) is 10.3 Å². The minimum absolute atomic E-state index is 0.0473. The summed E-state index contributed by atoms with van der Waals surface area (Å²) in [7, 11) is 1.48. The molecule has 0 bridgehead atoms. The number of hydrogen-bond donors (Lipinski definition) is 2. The van der Waals surface area contributed by atoms with Crippen molar-refractivity contribution in [3.05, 3.63) is 65.9 Å². The molecule has 2 aromatic carbocycles. The number of carbonyl (C=O) groups is 2. The lowest BCUT2D eigenvalue weighted by atomic mass is 9.96. The maximum Gasteiger partial charge on any atom is 0.252 e. The van der Waals surface area contributed by atoms with Gasteiger partial charge in [-0.3, -0.25) is 9.59 Å². The van der Waals surface area contributed by atoms with Gasteiger partial charge in [0.05, 0.1) is 18.7 Å². The fourth-order valence-electron chi connectivity index (χ4n) is 3.84. The second-order valence-electron chi connectivity index (χ2n) is 7.39. The van der Waals surface area contributed by atoms with Gasteiger partial charge < -0.3 is 20.5 Å². The standard InChI is InChI=1S/C23H23N3O4/c1-29-20-12-18-15(11-19(20)21(24)27)7-8-25-23(18)30-13-17-10-16(22(28)26-17)9-14-5-3-2-4-6-14/h2-8,11-12,16-17H,9-10,13H2,1H3,(H2,24,27)(H,26,28)/t16?,17-/m0/s1. The van der Waals surface area contributed by atoms with Crippen molar-refractivity contribution < 1.29 is 19.1 Å². The molecule has 1 unspecified atom stereocenters. The predicted molar refractivity (Wildman–Crippen MR) is 112 cm³/mol. The van der Waals surface area contributed by atoms with E-state index in [4.69, 9.17) is 15.2 Å². The van der Waals surface area contributed by atoms with E-state index in [-0.39, 0.29) is 17.9 Å². The summed E-state index contributed by atoms with van der Waals surface area (Å²) in [6.07, 6.45) is 3.02. The van der Waals surface area contributed by atoms with Crippen LogP contribution < -0.4 is 20.5 Å². The van der Waals surface area contributed by atoms with Gasteiger partial charge in [-0.15, -0.1) is 0 Å². The Labute approximate surface area is 174 Å². The van der Waals surface area contributed by atoms with E-state index in [1.54, 1.807) is 24.4 Å². The van der Waals surface area contributed by atoms with Crippen molar-refractivity contribution in [2.45, 2.75) is 18.9 Å². The lowest BCUT2D eigenvalue weighted by Crippen LogP contribution is -2.31. The van der Waals surface area contributed by atoms with Crippen LogP contribution in [0.25, 0.3) is 10.8 Å². The minimum Gasteiger partial charge on any atom is -0.496 e. The molecule has 0 aliphatic carbocycles. The van der Waals surface area contributed by atoms with E-state index in [0.29, 0.717) is 42.0 Å². The zero-order valence-electron chi connectivity index (χ0n) is 16.6. The van der Waals surface area contributed by atoms with Gasteiger partial charge in [0.1, 0.15) is 12.4 Å². The number of fused-ring (bicyclic) bond motifs is 1. The van der Waals surface area contributed by atoms with Crippen LogP contribution in [0.4, 0.5) is 0 Å². The molecule has 7 heteroatoms. The summed E-state index contributed by atoms with van der Waals surface area (Å²) < 4.78 is 11.2. The Bertz CT molecular complexity index is 1080. The number of aromatic nitrogens is 1. The van der Waals surface area contributed by atoms with Crippen molar-refractivity contribution in [3.8, 4) is 11.6 Å². The maximum atomic E-state index is 12.4. The van der Waals surface area contributed by atoms with Crippen LogP contribution in [0.15, 0.2) is 54.7 Å². The third-order valence-electron chi connectivity index (χ3n) is 5.35. The van der Waals surface area contributed by atoms with Crippen molar-refractivity contribution in [2.24, 2.45) is 11.7 Å². The first kappa shape index (κ1) is 19.7. The zero-order valence-corrected chi connectivity index (χ0v) is 16.6. The number of rotatable bonds is 7. The summed E-state index contributed by atoms with van der Waals surface area (Å²) in [5.41, 5.74) is 6.88. The van der Waals surface area contributed by atoms with Gasteiger partial charge in [0, 0.05) is 17.5 Å². The molecule has 2 heterocycles. The number of carbonyl (C=O) groups excluding carboxylic acids is 2. The van der Waals surface area contributed by atoms with Gasteiger partial charge in [0.15, 0.2) is 0 Å². The predicted octanol–water partition coefficient (Wildman–Crippen LogP) is 2.47. The smallest absolute Gasteiger partial charge is 0.252 e.